The molecule has 23 heavy (non-hydrogen) atoms. The monoisotopic (exact) mass is 321 g/mol. The predicted molar refractivity (Wildman–Crippen MR) is 93.8 cm³/mol. The summed E-state index contributed by atoms with van der Waals surface area (Å²) in [5.41, 5.74) is 0. The molecule has 2 N–H and O–H groups in total. The van der Waals surface area contributed by atoms with Crippen LogP contribution in [0.25, 0.3) is 0 Å². The third kappa shape index (κ3) is 8.07. The van der Waals surface area contributed by atoms with Gasteiger partial charge in [0.25, 0.3) is 0 Å². The SMILES string of the molecule is CCC(C)NC(=NCCCOCC1CC1)NCCc1ccco1. The van der Waals surface area contributed by atoms with Crippen molar-refractivity contribution < 1.29 is 9.15 Å². The van der Waals surface area contributed by atoms with Crippen LogP contribution in [0.4, 0.5) is 0 Å². The van der Waals surface area contributed by atoms with Gasteiger partial charge < -0.3 is 19.8 Å². The van der Waals surface area contributed by atoms with Crippen molar-refractivity contribution in [3.05, 3.63) is 24.2 Å². The quantitative estimate of drug-likeness (QED) is 0.374. The van der Waals surface area contributed by atoms with Crippen molar-refractivity contribution >= 4 is 5.96 Å². The summed E-state index contributed by atoms with van der Waals surface area (Å²) in [6.07, 6.45) is 7.31. The zero-order valence-corrected chi connectivity index (χ0v) is 14.5. The predicted octanol–water partition coefficient (Wildman–Crippen LogP) is 2.97. The molecule has 1 atom stereocenters. The molecule has 0 spiro atoms. The molecule has 1 aromatic heterocycles. The van der Waals surface area contributed by atoms with Gasteiger partial charge in [0.05, 0.1) is 6.26 Å². The van der Waals surface area contributed by atoms with Crippen LogP contribution in [0.5, 0.6) is 0 Å². The van der Waals surface area contributed by atoms with Crippen molar-refractivity contribution in [3.8, 4) is 0 Å². The second kappa shape index (κ2) is 10.3. The smallest absolute Gasteiger partial charge is 0.191 e. The van der Waals surface area contributed by atoms with Crippen molar-refractivity contribution in [1.29, 1.82) is 0 Å². The van der Waals surface area contributed by atoms with Gasteiger partial charge in [-0.05, 0) is 50.7 Å². The third-order valence-corrected chi connectivity index (χ3v) is 4.01. The molecule has 130 valence electrons. The first-order chi connectivity index (χ1) is 11.3. The average molecular weight is 321 g/mol. The van der Waals surface area contributed by atoms with Crippen LogP contribution in [0.15, 0.2) is 27.8 Å². The molecule has 1 saturated carbocycles. The minimum Gasteiger partial charge on any atom is -0.469 e. The van der Waals surface area contributed by atoms with Crippen molar-refractivity contribution in [2.75, 3.05) is 26.3 Å². The zero-order chi connectivity index (χ0) is 16.3. The van der Waals surface area contributed by atoms with Gasteiger partial charge in [-0.1, -0.05) is 6.92 Å². The molecule has 1 aliphatic carbocycles. The van der Waals surface area contributed by atoms with E-state index in [-0.39, 0.29) is 0 Å². The molecule has 5 heteroatoms. The van der Waals surface area contributed by atoms with Crippen LogP contribution in [0, 0.1) is 5.92 Å². The summed E-state index contributed by atoms with van der Waals surface area (Å²) < 4.78 is 11.0. The van der Waals surface area contributed by atoms with Gasteiger partial charge in [0, 0.05) is 38.8 Å². The lowest BCUT2D eigenvalue weighted by Crippen LogP contribution is -2.42. The maximum Gasteiger partial charge on any atom is 0.191 e. The average Bonchev–Trinajstić information content (AvgIpc) is 3.24. The van der Waals surface area contributed by atoms with E-state index in [2.05, 4.69) is 29.5 Å². The summed E-state index contributed by atoms with van der Waals surface area (Å²) >= 11 is 0. The Hall–Kier alpha value is -1.49. The first kappa shape index (κ1) is 17.9. The minimum atomic E-state index is 0.413. The molecule has 0 aromatic carbocycles. The molecular formula is C18H31N3O2. The Labute approximate surface area is 139 Å². The van der Waals surface area contributed by atoms with Crippen molar-refractivity contribution in [2.24, 2.45) is 10.9 Å². The largest absolute Gasteiger partial charge is 0.469 e. The molecule has 2 rings (SSSR count). The molecule has 1 heterocycles. The molecule has 1 unspecified atom stereocenters. The van der Waals surface area contributed by atoms with Gasteiger partial charge in [0.1, 0.15) is 5.76 Å². The van der Waals surface area contributed by atoms with E-state index >= 15 is 0 Å². The highest BCUT2D eigenvalue weighted by Crippen LogP contribution is 2.28. The molecule has 0 bridgehead atoms. The van der Waals surface area contributed by atoms with Gasteiger partial charge in [-0.25, -0.2) is 0 Å². The Morgan fingerprint density at radius 1 is 1.48 bits per heavy atom. The summed E-state index contributed by atoms with van der Waals surface area (Å²) in [6.45, 7) is 7.68. The zero-order valence-electron chi connectivity index (χ0n) is 14.5. The molecule has 5 nitrogen and oxygen atoms in total. The van der Waals surface area contributed by atoms with Crippen LogP contribution in [-0.4, -0.2) is 38.3 Å². The Kier molecular flexibility index (Phi) is 8.01. The van der Waals surface area contributed by atoms with E-state index in [0.717, 1.165) is 63.2 Å². The highest BCUT2D eigenvalue weighted by Gasteiger charge is 2.20. The van der Waals surface area contributed by atoms with Crippen LogP contribution >= 0.6 is 0 Å². The normalized spacial score (nSPS) is 16.3. The topological polar surface area (TPSA) is 58.8 Å². The van der Waals surface area contributed by atoms with Crippen LogP contribution in [0.1, 0.15) is 45.3 Å². The lowest BCUT2D eigenvalue weighted by atomic mass is 10.3. The summed E-state index contributed by atoms with van der Waals surface area (Å²) in [6, 6.07) is 4.33. The fourth-order valence-corrected chi connectivity index (χ4v) is 2.14. The molecule has 1 fully saturated rings. The van der Waals surface area contributed by atoms with Gasteiger partial charge in [-0.3, -0.25) is 4.99 Å². The summed E-state index contributed by atoms with van der Waals surface area (Å²) in [4.78, 5) is 4.65. The molecule has 0 amide bonds. The van der Waals surface area contributed by atoms with Gasteiger partial charge in [-0.15, -0.1) is 0 Å². The minimum absolute atomic E-state index is 0.413. The second-order valence-corrected chi connectivity index (χ2v) is 6.31. The highest BCUT2D eigenvalue weighted by molar-refractivity contribution is 5.80. The van der Waals surface area contributed by atoms with Crippen molar-refractivity contribution in [2.45, 2.75) is 52.0 Å². The van der Waals surface area contributed by atoms with E-state index in [4.69, 9.17) is 9.15 Å². The summed E-state index contributed by atoms with van der Waals surface area (Å²) in [5.74, 6) is 2.71. The Bertz CT molecular complexity index is 441. The Balaban J connectivity index is 1.64. The summed E-state index contributed by atoms with van der Waals surface area (Å²) in [5, 5.41) is 6.81. The van der Waals surface area contributed by atoms with Gasteiger partial charge in [-0.2, -0.15) is 0 Å². The van der Waals surface area contributed by atoms with Crippen molar-refractivity contribution in [1.82, 2.24) is 10.6 Å². The van der Waals surface area contributed by atoms with E-state index in [9.17, 15) is 0 Å². The number of furan rings is 1. The van der Waals surface area contributed by atoms with E-state index in [0.29, 0.717) is 6.04 Å². The first-order valence-electron chi connectivity index (χ1n) is 8.93. The van der Waals surface area contributed by atoms with E-state index < -0.39 is 0 Å². The van der Waals surface area contributed by atoms with E-state index in [1.54, 1.807) is 6.26 Å². The van der Waals surface area contributed by atoms with Gasteiger partial charge in [0.15, 0.2) is 5.96 Å². The number of hydrogen-bond acceptors (Lipinski definition) is 3. The van der Waals surface area contributed by atoms with Gasteiger partial charge in [0.2, 0.25) is 0 Å². The van der Waals surface area contributed by atoms with Crippen LogP contribution in [0.2, 0.25) is 0 Å². The lowest BCUT2D eigenvalue weighted by molar-refractivity contribution is 0.123. The maximum atomic E-state index is 5.65. The third-order valence-electron chi connectivity index (χ3n) is 4.01. The molecule has 0 radical (unpaired) electrons. The van der Waals surface area contributed by atoms with Crippen LogP contribution in [-0.2, 0) is 11.2 Å². The first-order valence-corrected chi connectivity index (χ1v) is 8.93. The van der Waals surface area contributed by atoms with E-state index in [1.807, 2.05) is 12.1 Å². The van der Waals surface area contributed by atoms with Gasteiger partial charge >= 0.3 is 0 Å². The summed E-state index contributed by atoms with van der Waals surface area (Å²) in [7, 11) is 0. The Morgan fingerprint density at radius 3 is 3.04 bits per heavy atom. The molecular weight excluding hydrogens is 290 g/mol. The second-order valence-electron chi connectivity index (χ2n) is 6.31. The fraction of sp³-hybridized carbons (Fsp3) is 0.722. The number of ether oxygens (including phenoxy) is 1. The maximum absolute atomic E-state index is 5.65. The molecule has 1 aromatic rings. The number of hydrogen-bond donors (Lipinski definition) is 2. The molecule has 0 saturated heterocycles. The number of guanidine groups is 1. The number of nitrogens with one attached hydrogen (secondary N) is 2. The highest BCUT2D eigenvalue weighted by atomic mass is 16.5. The standard InChI is InChI=1S/C18H31N3O2/c1-3-15(2)21-18(20-11-9-17-6-4-13-23-17)19-10-5-12-22-14-16-7-8-16/h4,6,13,15-16H,3,5,7-12,14H2,1-2H3,(H2,19,20,21). The number of aliphatic imine (C=N–C) groups is 1. The van der Waals surface area contributed by atoms with Crippen LogP contribution in [0.3, 0.4) is 0 Å². The fourth-order valence-electron chi connectivity index (χ4n) is 2.14. The molecule has 1 aliphatic rings. The number of nitrogens with zero attached hydrogens (tertiary/aromatic N) is 1. The Morgan fingerprint density at radius 2 is 2.35 bits per heavy atom. The van der Waals surface area contributed by atoms with E-state index in [1.165, 1.54) is 12.8 Å². The lowest BCUT2D eigenvalue weighted by Gasteiger charge is -2.16. The number of rotatable bonds is 11. The molecule has 0 aliphatic heterocycles. The van der Waals surface area contributed by atoms with Crippen molar-refractivity contribution in [3.63, 3.8) is 0 Å². The van der Waals surface area contributed by atoms with Crippen LogP contribution < -0.4 is 10.6 Å².